The molecule has 1 fully saturated rings. The van der Waals surface area contributed by atoms with Gasteiger partial charge in [0.15, 0.2) is 0 Å². The van der Waals surface area contributed by atoms with Crippen molar-refractivity contribution in [1.29, 1.82) is 0 Å². The number of nitrogens with zero attached hydrogens (tertiary/aromatic N) is 1. The number of halogens is 1. The van der Waals surface area contributed by atoms with Gasteiger partial charge in [0, 0.05) is 36.0 Å². The van der Waals surface area contributed by atoms with E-state index in [1.54, 1.807) is 42.3 Å². The zero-order valence-corrected chi connectivity index (χ0v) is 14.7. The van der Waals surface area contributed by atoms with Crippen molar-refractivity contribution in [3.63, 3.8) is 0 Å². The molecule has 0 saturated carbocycles. The predicted octanol–water partition coefficient (Wildman–Crippen LogP) is 1.49. The largest absolute Gasteiger partial charge is 0.315 e. The Labute approximate surface area is 146 Å². The summed E-state index contributed by atoms with van der Waals surface area (Å²) in [4.78, 5) is 14.1. The standard InChI is InChI=1S/C16H17N3O3S.ClH/c1-19-13-5-6-14(23(21,22)18-10-7-8-17-9-10)11-3-2-4-12(15(11)13)16(19)20;/h2-6,10,17-18H,7-9H2,1H3;1H. The molecule has 8 heteroatoms. The molecule has 0 spiro atoms. The summed E-state index contributed by atoms with van der Waals surface area (Å²) >= 11 is 0. The van der Waals surface area contributed by atoms with Gasteiger partial charge in [-0.2, -0.15) is 0 Å². The van der Waals surface area contributed by atoms with Crippen LogP contribution in [0.2, 0.25) is 0 Å². The third-order valence-corrected chi connectivity index (χ3v) is 6.13. The summed E-state index contributed by atoms with van der Waals surface area (Å²) < 4.78 is 28.3. The number of carbonyl (C=O) groups is 1. The summed E-state index contributed by atoms with van der Waals surface area (Å²) in [5, 5.41) is 4.45. The molecule has 4 rings (SSSR count). The molecule has 1 saturated heterocycles. The highest BCUT2D eigenvalue weighted by Crippen LogP contribution is 2.39. The Bertz CT molecular complexity index is 924. The Morgan fingerprint density at radius 3 is 2.75 bits per heavy atom. The number of carbonyl (C=O) groups excluding carboxylic acids is 1. The molecule has 1 unspecified atom stereocenters. The first-order chi connectivity index (χ1) is 11.0. The molecule has 2 aliphatic rings. The molecule has 2 heterocycles. The molecular formula is C16H18ClN3O3S. The van der Waals surface area contributed by atoms with Crippen LogP contribution in [0.5, 0.6) is 0 Å². The first-order valence-electron chi connectivity index (χ1n) is 7.56. The molecule has 2 N–H and O–H groups in total. The van der Waals surface area contributed by atoms with Crippen molar-refractivity contribution in [3.8, 4) is 0 Å². The van der Waals surface area contributed by atoms with Crippen LogP contribution >= 0.6 is 12.4 Å². The normalized spacial score (nSPS) is 19.8. The average molecular weight is 368 g/mol. The summed E-state index contributed by atoms with van der Waals surface area (Å²) in [7, 11) is -1.93. The van der Waals surface area contributed by atoms with Crippen molar-refractivity contribution >= 4 is 44.8 Å². The fourth-order valence-electron chi connectivity index (χ4n) is 3.38. The molecule has 0 radical (unpaired) electrons. The van der Waals surface area contributed by atoms with E-state index in [9.17, 15) is 13.2 Å². The van der Waals surface area contributed by atoms with Gasteiger partial charge in [-0.1, -0.05) is 12.1 Å². The zero-order chi connectivity index (χ0) is 16.2. The van der Waals surface area contributed by atoms with E-state index in [0.717, 1.165) is 18.7 Å². The van der Waals surface area contributed by atoms with E-state index < -0.39 is 10.0 Å². The van der Waals surface area contributed by atoms with Crippen LogP contribution in [-0.2, 0) is 10.0 Å². The molecule has 1 atom stereocenters. The number of anilines is 1. The second-order valence-electron chi connectivity index (χ2n) is 5.99. The van der Waals surface area contributed by atoms with Crippen molar-refractivity contribution in [2.75, 3.05) is 25.0 Å². The first kappa shape index (κ1) is 17.2. The summed E-state index contributed by atoms with van der Waals surface area (Å²) in [6.07, 6.45) is 0.779. The molecule has 2 aliphatic heterocycles. The van der Waals surface area contributed by atoms with Crippen molar-refractivity contribution in [3.05, 3.63) is 35.9 Å². The van der Waals surface area contributed by atoms with Crippen LogP contribution in [0.15, 0.2) is 35.2 Å². The smallest absolute Gasteiger partial charge is 0.258 e. The van der Waals surface area contributed by atoms with E-state index in [0.29, 0.717) is 22.9 Å². The molecule has 6 nitrogen and oxygen atoms in total. The maximum Gasteiger partial charge on any atom is 0.258 e. The second kappa shape index (κ2) is 6.00. The Balaban J connectivity index is 0.00000169. The summed E-state index contributed by atoms with van der Waals surface area (Å²) in [6, 6.07) is 8.43. The highest BCUT2D eigenvalue weighted by molar-refractivity contribution is 7.89. The number of amides is 1. The van der Waals surface area contributed by atoms with E-state index in [4.69, 9.17) is 0 Å². The fraction of sp³-hybridized carbons (Fsp3) is 0.312. The van der Waals surface area contributed by atoms with Gasteiger partial charge in [-0.05, 0) is 31.2 Å². The molecule has 2 aromatic carbocycles. The van der Waals surface area contributed by atoms with E-state index in [1.807, 2.05) is 0 Å². The van der Waals surface area contributed by atoms with E-state index in [2.05, 4.69) is 10.0 Å². The van der Waals surface area contributed by atoms with E-state index >= 15 is 0 Å². The van der Waals surface area contributed by atoms with Crippen molar-refractivity contribution in [2.24, 2.45) is 0 Å². The van der Waals surface area contributed by atoms with Crippen LogP contribution in [0.25, 0.3) is 10.8 Å². The van der Waals surface area contributed by atoms with Gasteiger partial charge in [0.25, 0.3) is 5.91 Å². The lowest BCUT2D eigenvalue weighted by Gasteiger charge is -2.15. The van der Waals surface area contributed by atoms with Crippen molar-refractivity contribution in [1.82, 2.24) is 10.0 Å². The van der Waals surface area contributed by atoms with Gasteiger partial charge in [0.05, 0.1) is 10.6 Å². The molecule has 24 heavy (non-hydrogen) atoms. The van der Waals surface area contributed by atoms with E-state index in [-0.39, 0.29) is 29.3 Å². The van der Waals surface area contributed by atoms with Crippen LogP contribution in [0, 0.1) is 0 Å². The fourth-order valence-corrected chi connectivity index (χ4v) is 4.86. The Morgan fingerprint density at radius 2 is 2.04 bits per heavy atom. The minimum atomic E-state index is -3.63. The van der Waals surface area contributed by atoms with Crippen LogP contribution < -0.4 is 14.9 Å². The van der Waals surface area contributed by atoms with E-state index in [1.165, 1.54) is 0 Å². The molecule has 2 aromatic rings. The lowest BCUT2D eigenvalue weighted by molar-refractivity contribution is 0.0999. The molecule has 0 aromatic heterocycles. The predicted molar refractivity (Wildman–Crippen MR) is 95.5 cm³/mol. The van der Waals surface area contributed by atoms with Gasteiger partial charge in [-0.3, -0.25) is 4.79 Å². The van der Waals surface area contributed by atoms with Gasteiger partial charge in [0.2, 0.25) is 10.0 Å². The average Bonchev–Trinajstić information content (AvgIpc) is 3.11. The molecule has 0 aliphatic carbocycles. The number of rotatable bonds is 3. The van der Waals surface area contributed by atoms with Crippen LogP contribution in [0.3, 0.4) is 0 Å². The maximum absolute atomic E-state index is 12.8. The number of hydrogen-bond donors (Lipinski definition) is 2. The third-order valence-electron chi connectivity index (χ3n) is 4.55. The SMILES string of the molecule is CN1C(=O)c2cccc3c(S(=O)(=O)NC4CCNC4)ccc1c23.Cl. The van der Waals surface area contributed by atoms with Crippen molar-refractivity contribution < 1.29 is 13.2 Å². The van der Waals surface area contributed by atoms with Crippen molar-refractivity contribution in [2.45, 2.75) is 17.4 Å². The molecule has 1 amide bonds. The molecule has 0 bridgehead atoms. The first-order valence-corrected chi connectivity index (χ1v) is 9.04. The van der Waals surface area contributed by atoms with Gasteiger partial charge in [-0.25, -0.2) is 13.1 Å². The highest BCUT2D eigenvalue weighted by Gasteiger charge is 2.31. The summed E-state index contributed by atoms with van der Waals surface area (Å²) in [5.74, 6) is -0.104. The second-order valence-corrected chi connectivity index (χ2v) is 7.67. The minimum absolute atomic E-state index is 0. The number of sulfonamides is 1. The lowest BCUT2D eigenvalue weighted by atomic mass is 10.1. The van der Waals surface area contributed by atoms with Gasteiger partial charge >= 0.3 is 0 Å². The zero-order valence-electron chi connectivity index (χ0n) is 13.1. The molecule has 128 valence electrons. The summed E-state index contributed by atoms with van der Waals surface area (Å²) in [5.41, 5.74) is 1.31. The Kier molecular flexibility index (Phi) is 4.29. The number of nitrogens with one attached hydrogen (secondary N) is 2. The number of hydrogen-bond acceptors (Lipinski definition) is 4. The third kappa shape index (κ3) is 2.48. The van der Waals surface area contributed by atoms with Gasteiger partial charge < -0.3 is 10.2 Å². The lowest BCUT2D eigenvalue weighted by Crippen LogP contribution is -2.36. The Morgan fingerprint density at radius 1 is 1.25 bits per heavy atom. The van der Waals surface area contributed by atoms with Crippen LogP contribution in [-0.4, -0.2) is 40.5 Å². The number of benzene rings is 2. The summed E-state index contributed by atoms with van der Waals surface area (Å²) in [6.45, 7) is 1.46. The Hall–Kier alpha value is -1.67. The highest BCUT2D eigenvalue weighted by atomic mass is 35.5. The minimum Gasteiger partial charge on any atom is -0.315 e. The quantitative estimate of drug-likeness (QED) is 0.861. The monoisotopic (exact) mass is 367 g/mol. The van der Waals surface area contributed by atoms with Crippen LogP contribution in [0.1, 0.15) is 16.8 Å². The topological polar surface area (TPSA) is 78.5 Å². The molecular weight excluding hydrogens is 350 g/mol. The van der Waals surface area contributed by atoms with Gasteiger partial charge in [0.1, 0.15) is 0 Å². The maximum atomic E-state index is 12.8. The van der Waals surface area contributed by atoms with Crippen LogP contribution in [0.4, 0.5) is 5.69 Å². The van der Waals surface area contributed by atoms with Gasteiger partial charge in [-0.15, -0.1) is 12.4 Å².